The lowest BCUT2D eigenvalue weighted by Gasteiger charge is -2.15. The van der Waals surface area contributed by atoms with E-state index in [1.165, 1.54) is 24.1 Å². The maximum atomic E-state index is 14.5. The van der Waals surface area contributed by atoms with Gasteiger partial charge < -0.3 is 25.0 Å². The summed E-state index contributed by atoms with van der Waals surface area (Å²) in [6.07, 6.45) is 2.34. The van der Waals surface area contributed by atoms with Crippen molar-refractivity contribution in [3.05, 3.63) is 41.3 Å². The molecule has 2 aliphatic rings. The van der Waals surface area contributed by atoms with Gasteiger partial charge in [0.05, 0.1) is 30.3 Å². The molecular formula is C25H28FN5O4. The summed E-state index contributed by atoms with van der Waals surface area (Å²) in [4.78, 5) is 38.2. The third-order valence-electron chi connectivity index (χ3n) is 6.61. The summed E-state index contributed by atoms with van der Waals surface area (Å²) < 4.78 is 20.6. The number of ether oxygens (including phenoxy) is 1. The second kappa shape index (κ2) is 9.26. The van der Waals surface area contributed by atoms with E-state index in [0.29, 0.717) is 40.5 Å². The fraction of sp³-hybridized carbons (Fsp3) is 0.440. The number of aliphatic hydroxyl groups is 1. The summed E-state index contributed by atoms with van der Waals surface area (Å²) in [7, 11) is 0. The van der Waals surface area contributed by atoms with Crippen LogP contribution in [0.2, 0.25) is 0 Å². The van der Waals surface area contributed by atoms with Crippen LogP contribution in [0.25, 0.3) is 22.3 Å². The Labute approximate surface area is 201 Å². The molecule has 5 rings (SSSR count). The van der Waals surface area contributed by atoms with Gasteiger partial charge in [-0.05, 0) is 44.7 Å². The van der Waals surface area contributed by atoms with Gasteiger partial charge in [0, 0.05) is 17.8 Å². The van der Waals surface area contributed by atoms with Gasteiger partial charge in [-0.1, -0.05) is 11.6 Å². The molecule has 1 saturated carbocycles. The monoisotopic (exact) mass is 481 g/mol. The molecule has 0 radical (unpaired) electrons. The number of aromatic amines is 1. The van der Waals surface area contributed by atoms with Crippen LogP contribution in [0.4, 0.5) is 4.39 Å². The molecule has 2 aromatic heterocycles. The second-order valence-electron chi connectivity index (χ2n) is 9.38. The molecule has 3 N–H and O–H groups in total. The molecule has 2 atom stereocenters. The number of rotatable bonds is 7. The summed E-state index contributed by atoms with van der Waals surface area (Å²) in [6.45, 7) is 3.54. The first-order chi connectivity index (χ1) is 16.9. The average Bonchev–Trinajstić information content (AvgIpc) is 3.51. The van der Waals surface area contributed by atoms with E-state index in [9.17, 15) is 14.0 Å². The number of aryl methyl sites for hydroxylation is 2. The van der Waals surface area contributed by atoms with Crippen molar-refractivity contribution in [2.45, 2.75) is 38.9 Å². The SMILES string of the molecule is Cc1ccc(OCC2CC2)c(-c2ncnc3c(C(=O)N[C@H]4CN(C(=O)CO)C[C@H]4F)c(C)[nH]c23)c1. The number of fused-ring (bicyclic) bond motifs is 1. The van der Waals surface area contributed by atoms with Gasteiger partial charge in [-0.3, -0.25) is 9.59 Å². The van der Waals surface area contributed by atoms with Gasteiger partial charge in [0.25, 0.3) is 5.91 Å². The van der Waals surface area contributed by atoms with E-state index < -0.39 is 30.6 Å². The minimum atomic E-state index is -1.43. The number of carbonyl (C=O) groups is 2. The van der Waals surface area contributed by atoms with Crippen molar-refractivity contribution < 1.29 is 23.8 Å². The lowest BCUT2D eigenvalue weighted by Crippen LogP contribution is -2.42. The van der Waals surface area contributed by atoms with E-state index in [2.05, 4.69) is 20.3 Å². The summed E-state index contributed by atoms with van der Waals surface area (Å²) in [5.74, 6) is 0.262. The maximum Gasteiger partial charge on any atom is 0.255 e. The van der Waals surface area contributed by atoms with Crippen molar-refractivity contribution in [2.75, 3.05) is 26.3 Å². The van der Waals surface area contributed by atoms with Gasteiger partial charge in [0.1, 0.15) is 36.1 Å². The fourth-order valence-corrected chi connectivity index (χ4v) is 4.49. The van der Waals surface area contributed by atoms with Crippen molar-refractivity contribution in [2.24, 2.45) is 5.92 Å². The molecular weight excluding hydrogens is 453 g/mol. The standard InChI is InChI=1S/C25H28FN5O4/c1-13-3-6-19(35-11-15-4-5-15)16(7-13)22-24-23(28-12-27-22)21(14(2)29-24)25(34)30-18-9-31(8-17(18)26)20(33)10-32/h3,6-7,12,15,17-18,29,32H,4-5,8-11H2,1-2H3,(H,30,34)/t17-,18+/m1/s1. The molecule has 35 heavy (non-hydrogen) atoms. The zero-order valence-electron chi connectivity index (χ0n) is 19.7. The van der Waals surface area contributed by atoms with E-state index in [4.69, 9.17) is 9.84 Å². The Kier molecular flexibility index (Phi) is 6.14. The van der Waals surface area contributed by atoms with Crippen LogP contribution in [-0.2, 0) is 4.79 Å². The number of halogens is 1. The molecule has 3 heterocycles. The maximum absolute atomic E-state index is 14.5. The lowest BCUT2D eigenvalue weighted by atomic mass is 10.1. The number of hydrogen-bond acceptors (Lipinski definition) is 6. The van der Waals surface area contributed by atoms with Crippen molar-refractivity contribution in [1.29, 1.82) is 0 Å². The first kappa shape index (κ1) is 23.2. The van der Waals surface area contributed by atoms with Crippen LogP contribution in [0, 0.1) is 19.8 Å². The predicted octanol–water partition coefficient (Wildman–Crippen LogP) is 2.30. The van der Waals surface area contributed by atoms with Crippen molar-refractivity contribution in [1.82, 2.24) is 25.2 Å². The minimum absolute atomic E-state index is 0.00107. The van der Waals surface area contributed by atoms with Gasteiger partial charge in [-0.25, -0.2) is 14.4 Å². The number of amides is 2. The van der Waals surface area contributed by atoms with Gasteiger partial charge in [-0.2, -0.15) is 0 Å². The highest BCUT2D eigenvalue weighted by molar-refractivity contribution is 6.09. The molecule has 2 fully saturated rings. The summed E-state index contributed by atoms with van der Waals surface area (Å²) >= 11 is 0. The molecule has 0 bridgehead atoms. The van der Waals surface area contributed by atoms with Crippen LogP contribution in [0.3, 0.4) is 0 Å². The number of alkyl halides is 1. The van der Waals surface area contributed by atoms with Crippen molar-refractivity contribution in [3.63, 3.8) is 0 Å². The average molecular weight is 482 g/mol. The van der Waals surface area contributed by atoms with Crippen LogP contribution in [0.1, 0.15) is 34.5 Å². The first-order valence-electron chi connectivity index (χ1n) is 11.8. The smallest absolute Gasteiger partial charge is 0.255 e. The molecule has 3 aromatic rings. The molecule has 1 aliphatic carbocycles. The zero-order valence-corrected chi connectivity index (χ0v) is 19.7. The minimum Gasteiger partial charge on any atom is -0.493 e. The van der Waals surface area contributed by atoms with E-state index in [0.717, 1.165) is 16.9 Å². The number of nitrogens with zero attached hydrogens (tertiary/aromatic N) is 3. The lowest BCUT2D eigenvalue weighted by molar-refractivity contribution is -0.133. The quantitative estimate of drug-likeness (QED) is 0.476. The third-order valence-corrected chi connectivity index (χ3v) is 6.61. The fourth-order valence-electron chi connectivity index (χ4n) is 4.49. The molecule has 0 spiro atoms. The van der Waals surface area contributed by atoms with E-state index in [1.54, 1.807) is 6.92 Å². The molecule has 2 amide bonds. The Morgan fingerprint density at radius 1 is 1.26 bits per heavy atom. The summed E-state index contributed by atoms with van der Waals surface area (Å²) in [5, 5.41) is 11.7. The molecule has 9 nitrogen and oxygen atoms in total. The van der Waals surface area contributed by atoms with Crippen LogP contribution < -0.4 is 10.1 Å². The number of carbonyl (C=O) groups excluding carboxylic acids is 2. The Hall–Kier alpha value is -3.53. The van der Waals surface area contributed by atoms with Crippen LogP contribution in [0.5, 0.6) is 5.75 Å². The Bertz CT molecular complexity index is 1290. The molecule has 1 aliphatic heterocycles. The van der Waals surface area contributed by atoms with Gasteiger partial charge in [0.2, 0.25) is 5.91 Å². The predicted molar refractivity (Wildman–Crippen MR) is 127 cm³/mol. The van der Waals surface area contributed by atoms with E-state index in [-0.39, 0.29) is 13.1 Å². The van der Waals surface area contributed by atoms with Crippen molar-refractivity contribution >= 4 is 22.8 Å². The first-order valence-corrected chi connectivity index (χ1v) is 11.8. The van der Waals surface area contributed by atoms with Crippen molar-refractivity contribution in [3.8, 4) is 17.0 Å². The van der Waals surface area contributed by atoms with Crippen LogP contribution in [-0.4, -0.2) is 75.3 Å². The molecule has 1 aromatic carbocycles. The number of likely N-dealkylation sites (tertiary alicyclic amines) is 1. The van der Waals surface area contributed by atoms with Gasteiger partial charge in [-0.15, -0.1) is 0 Å². The second-order valence-corrected chi connectivity index (χ2v) is 9.38. The molecule has 10 heteroatoms. The third kappa shape index (κ3) is 4.58. The number of aliphatic hydroxyl groups excluding tert-OH is 1. The number of hydrogen-bond donors (Lipinski definition) is 3. The summed E-state index contributed by atoms with van der Waals surface area (Å²) in [5.41, 5.74) is 4.37. The Balaban J connectivity index is 1.46. The highest BCUT2D eigenvalue weighted by atomic mass is 19.1. The molecule has 184 valence electrons. The number of H-pyrrole nitrogens is 1. The Morgan fingerprint density at radius 3 is 2.80 bits per heavy atom. The normalized spacial score (nSPS) is 19.8. The number of aromatic nitrogens is 3. The highest BCUT2D eigenvalue weighted by Crippen LogP contribution is 2.37. The van der Waals surface area contributed by atoms with E-state index in [1.807, 2.05) is 25.1 Å². The van der Waals surface area contributed by atoms with Gasteiger partial charge >= 0.3 is 0 Å². The molecule has 0 unspecified atom stereocenters. The van der Waals surface area contributed by atoms with Gasteiger partial charge in [0.15, 0.2) is 0 Å². The van der Waals surface area contributed by atoms with Crippen LogP contribution in [0.15, 0.2) is 24.5 Å². The van der Waals surface area contributed by atoms with Crippen LogP contribution >= 0.6 is 0 Å². The number of nitrogens with one attached hydrogen (secondary N) is 2. The van der Waals surface area contributed by atoms with E-state index >= 15 is 0 Å². The molecule has 1 saturated heterocycles. The largest absolute Gasteiger partial charge is 0.493 e. The summed E-state index contributed by atoms with van der Waals surface area (Å²) in [6, 6.07) is 5.05. The highest BCUT2D eigenvalue weighted by Gasteiger charge is 2.37. The zero-order chi connectivity index (χ0) is 24.7. The Morgan fingerprint density at radius 2 is 2.06 bits per heavy atom. The topological polar surface area (TPSA) is 120 Å². The number of benzene rings is 1.